The van der Waals surface area contributed by atoms with Gasteiger partial charge in [0.2, 0.25) is 15.9 Å². The Labute approximate surface area is 119 Å². The zero-order chi connectivity index (χ0) is 14.9. The first-order valence-electron chi connectivity index (χ1n) is 5.78. The molecule has 20 heavy (non-hydrogen) atoms. The van der Waals surface area contributed by atoms with E-state index in [4.69, 9.17) is 9.88 Å². The Morgan fingerprint density at radius 1 is 1.65 bits per heavy atom. The fourth-order valence-corrected chi connectivity index (χ4v) is 3.33. The molecule has 2 N–H and O–H groups in total. The maximum atomic E-state index is 11.8. The fourth-order valence-electron chi connectivity index (χ4n) is 1.77. The van der Waals surface area contributed by atoms with Crippen molar-refractivity contribution in [2.75, 3.05) is 18.1 Å². The largest absolute Gasteiger partial charge is 0.462 e. The van der Waals surface area contributed by atoms with Crippen molar-refractivity contribution < 1.29 is 22.7 Å². The number of hydrogen-bond donors (Lipinski definition) is 1. The van der Waals surface area contributed by atoms with Crippen LogP contribution >= 0.6 is 11.3 Å². The molecule has 1 aromatic heterocycles. The van der Waals surface area contributed by atoms with E-state index < -0.39 is 21.2 Å². The van der Waals surface area contributed by atoms with E-state index in [1.54, 1.807) is 6.92 Å². The third-order valence-electron chi connectivity index (χ3n) is 2.76. The van der Waals surface area contributed by atoms with E-state index >= 15 is 0 Å². The Morgan fingerprint density at radius 3 is 2.90 bits per heavy atom. The summed E-state index contributed by atoms with van der Waals surface area (Å²) in [7, 11) is -3.77. The van der Waals surface area contributed by atoms with Gasteiger partial charge in [0.05, 0.1) is 12.8 Å². The van der Waals surface area contributed by atoms with Gasteiger partial charge in [-0.15, -0.1) is 0 Å². The number of rotatable bonds is 4. The Morgan fingerprint density at radius 2 is 2.35 bits per heavy atom. The summed E-state index contributed by atoms with van der Waals surface area (Å²) in [5.74, 6) is -0.903. The van der Waals surface area contributed by atoms with Crippen molar-refractivity contribution in [1.82, 2.24) is 4.98 Å². The zero-order valence-corrected chi connectivity index (χ0v) is 12.2. The molecule has 1 aliphatic rings. The lowest BCUT2D eigenvalue weighted by molar-refractivity contribution is -0.117. The normalized spacial score (nSPS) is 19.4. The van der Waals surface area contributed by atoms with E-state index in [-0.39, 0.29) is 35.5 Å². The topological polar surface area (TPSA) is 120 Å². The molecule has 0 spiro atoms. The Balaban J connectivity index is 2.17. The van der Waals surface area contributed by atoms with Crippen molar-refractivity contribution in [1.29, 1.82) is 0 Å². The number of sulfonamides is 1. The van der Waals surface area contributed by atoms with Gasteiger partial charge in [0.1, 0.15) is 10.1 Å². The maximum Gasteiger partial charge on any atom is 0.350 e. The van der Waals surface area contributed by atoms with Crippen LogP contribution in [0.15, 0.2) is 6.20 Å². The van der Waals surface area contributed by atoms with Crippen LogP contribution in [0.1, 0.15) is 23.0 Å². The first-order valence-corrected chi connectivity index (χ1v) is 8.20. The number of carbonyl (C=O) groups excluding carboxylic acids is 2. The molecule has 0 aliphatic carbocycles. The van der Waals surface area contributed by atoms with Gasteiger partial charge in [0.15, 0.2) is 5.13 Å². The summed E-state index contributed by atoms with van der Waals surface area (Å²) in [5, 5.41) is 4.37. The van der Waals surface area contributed by atoms with Crippen LogP contribution in [0.5, 0.6) is 0 Å². The molecule has 0 aromatic carbocycles. The number of anilines is 1. The summed E-state index contributed by atoms with van der Waals surface area (Å²) in [4.78, 5) is 28.7. The standard InChI is InChI=1S/C10H13N3O5S2/c1-2-18-9(15)7-4-12-10(19-7)13-5-6(3-8(13)14)20(11,16)17/h4,6H,2-3,5H2,1H3,(H2,11,16,17). The molecule has 0 bridgehead atoms. The first kappa shape index (κ1) is 14.9. The van der Waals surface area contributed by atoms with Crippen molar-refractivity contribution in [3.63, 3.8) is 0 Å². The van der Waals surface area contributed by atoms with Gasteiger partial charge < -0.3 is 4.74 Å². The van der Waals surface area contributed by atoms with Gasteiger partial charge in [0, 0.05) is 13.0 Å². The Hall–Kier alpha value is -1.52. The highest BCUT2D eigenvalue weighted by atomic mass is 32.2. The second-order valence-corrected chi connectivity index (χ2v) is 7.00. The van der Waals surface area contributed by atoms with E-state index in [1.165, 1.54) is 11.1 Å². The molecule has 1 unspecified atom stereocenters. The Bertz CT molecular complexity index is 639. The van der Waals surface area contributed by atoms with Crippen LogP contribution in [-0.4, -0.2) is 43.7 Å². The summed E-state index contributed by atoms with van der Waals surface area (Å²) < 4.78 is 27.3. The highest BCUT2D eigenvalue weighted by Gasteiger charge is 2.38. The van der Waals surface area contributed by atoms with E-state index in [0.717, 1.165) is 11.3 Å². The van der Waals surface area contributed by atoms with Gasteiger partial charge in [-0.3, -0.25) is 9.69 Å². The SMILES string of the molecule is CCOC(=O)c1cnc(N2CC(S(N)(=O)=O)CC2=O)s1. The molecule has 0 radical (unpaired) electrons. The molecule has 1 aliphatic heterocycles. The van der Waals surface area contributed by atoms with Crippen molar-refractivity contribution in [2.45, 2.75) is 18.6 Å². The molecule has 1 fully saturated rings. The van der Waals surface area contributed by atoms with E-state index in [1.807, 2.05) is 0 Å². The maximum absolute atomic E-state index is 11.8. The lowest BCUT2D eigenvalue weighted by atomic mass is 10.4. The number of primary sulfonamides is 1. The number of amides is 1. The predicted octanol–water partition coefficient (Wildman–Crippen LogP) is -0.286. The second kappa shape index (κ2) is 5.46. The van der Waals surface area contributed by atoms with Gasteiger partial charge in [-0.2, -0.15) is 0 Å². The first-order chi connectivity index (χ1) is 9.32. The van der Waals surface area contributed by atoms with Crippen LogP contribution in [0.4, 0.5) is 5.13 Å². The molecule has 110 valence electrons. The van der Waals surface area contributed by atoms with E-state index in [2.05, 4.69) is 4.98 Å². The molecule has 1 atom stereocenters. The lowest BCUT2D eigenvalue weighted by Gasteiger charge is -2.11. The molecule has 2 rings (SSSR count). The van der Waals surface area contributed by atoms with E-state index in [0.29, 0.717) is 0 Å². The summed E-state index contributed by atoms with van der Waals surface area (Å²) >= 11 is 0.978. The molecule has 8 nitrogen and oxygen atoms in total. The second-order valence-electron chi connectivity index (χ2n) is 4.15. The van der Waals surface area contributed by atoms with Gasteiger partial charge in [-0.1, -0.05) is 11.3 Å². The smallest absolute Gasteiger partial charge is 0.350 e. The van der Waals surface area contributed by atoms with Crippen molar-refractivity contribution in [3.05, 3.63) is 11.1 Å². The third kappa shape index (κ3) is 2.97. The number of carbonyl (C=O) groups is 2. The minimum atomic E-state index is -3.77. The van der Waals surface area contributed by atoms with E-state index in [9.17, 15) is 18.0 Å². The predicted molar refractivity (Wildman–Crippen MR) is 71.9 cm³/mol. The number of nitrogens with two attached hydrogens (primary N) is 1. The number of esters is 1. The molecule has 2 heterocycles. The molecule has 1 amide bonds. The van der Waals surface area contributed by atoms with Crippen LogP contribution in [0.25, 0.3) is 0 Å². The van der Waals surface area contributed by atoms with Crippen molar-refractivity contribution in [3.8, 4) is 0 Å². The van der Waals surface area contributed by atoms with Crippen LogP contribution in [0.3, 0.4) is 0 Å². The number of thiazole rings is 1. The van der Waals surface area contributed by atoms with Gasteiger partial charge in [0.25, 0.3) is 0 Å². The quantitative estimate of drug-likeness (QED) is 0.762. The number of aromatic nitrogens is 1. The minimum Gasteiger partial charge on any atom is -0.462 e. The summed E-state index contributed by atoms with van der Waals surface area (Å²) in [6, 6.07) is 0. The van der Waals surface area contributed by atoms with Gasteiger partial charge >= 0.3 is 5.97 Å². The number of hydrogen-bond acceptors (Lipinski definition) is 7. The molecular formula is C10H13N3O5S2. The molecular weight excluding hydrogens is 306 g/mol. The molecule has 10 heteroatoms. The van der Waals surface area contributed by atoms with Gasteiger partial charge in [-0.25, -0.2) is 23.3 Å². The number of nitrogens with zero attached hydrogens (tertiary/aromatic N) is 2. The van der Waals surface area contributed by atoms with Crippen LogP contribution in [0, 0.1) is 0 Å². The molecule has 1 aromatic rings. The highest BCUT2D eigenvalue weighted by molar-refractivity contribution is 7.89. The van der Waals surface area contributed by atoms with Crippen LogP contribution in [0.2, 0.25) is 0 Å². The fraction of sp³-hybridized carbons (Fsp3) is 0.500. The molecule has 0 saturated carbocycles. The average Bonchev–Trinajstić information content (AvgIpc) is 2.94. The average molecular weight is 319 g/mol. The summed E-state index contributed by atoms with van der Waals surface area (Å²) in [6.45, 7) is 1.87. The van der Waals surface area contributed by atoms with Crippen LogP contribution in [-0.2, 0) is 19.6 Å². The van der Waals surface area contributed by atoms with Crippen molar-refractivity contribution >= 4 is 38.4 Å². The highest BCUT2D eigenvalue weighted by Crippen LogP contribution is 2.28. The lowest BCUT2D eigenvalue weighted by Crippen LogP contribution is -2.32. The van der Waals surface area contributed by atoms with Crippen LogP contribution < -0.4 is 10.0 Å². The Kier molecular flexibility index (Phi) is 4.06. The summed E-state index contributed by atoms with van der Waals surface area (Å²) in [5.41, 5.74) is 0. The van der Waals surface area contributed by atoms with Crippen molar-refractivity contribution in [2.24, 2.45) is 5.14 Å². The zero-order valence-electron chi connectivity index (χ0n) is 10.6. The monoisotopic (exact) mass is 319 g/mol. The summed E-state index contributed by atoms with van der Waals surface area (Å²) in [6.07, 6.45) is 1.13. The molecule has 1 saturated heterocycles. The number of ether oxygens (including phenoxy) is 1. The van der Waals surface area contributed by atoms with Gasteiger partial charge in [-0.05, 0) is 6.92 Å². The third-order valence-corrected chi connectivity index (χ3v) is 5.00. The minimum absolute atomic E-state index is 0.0482.